The van der Waals surface area contributed by atoms with Gasteiger partial charge in [-0.25, -0.2) is 0 Å². The topological polar surface area (TPSA) is 36.9 Å². The zero-order valence-corrected chi connectivity index (χ0v) is 12.4. The molecule has 0 aliphatic heterocycles. The molecule has 0 spiro atoms. The molecule has 4 nitrogen and oxygen atoms in total. The van der Waals surface area contributed by atoms with Crippen LogP contribution in [0.5, 0.6) is 0 Å². The molecule has 0 fully saturated rings. The summed E-state index contributed by atoms with van der Waals surface area (Å²) in [6.45, 7) is 11.3. The normalized spacial score (nSPS) is 11.7. The number of nitrogens with zero attached hydrogens (tertiary/aromatic N) is 2. The molecule has 0 aliphatic rings. The number of guanidine groups is 1. The second kappa shape index (κ2) is 11.1. The average Bonchev–Trinajstić information content (AvgIpc) is 2.33. The number of rotatable bonds is 9. The van der Waals surface area contributed by atoms with Crippen LogP contribution in [0.25, 0.3) is 0 Å². The van der Waals surface area contributed by atoms with E-state index in [1.165, 1.54) is 0 Å². The quantitative estimate of drug-likeness (QED) is 0.297. The Hall–Kier alpha value is -1.03. The number of aliphatic imine (C=N–C) groups is 1. The lowest BCUT2D eigenvalue weighted by Gasteiger charge is -2.21. The van der Waals surface area contributed by atoms with Crippen molar-refractivity contribution >= 4 is 5.96 Å². The fraction of sp³-hybridized carbons (Fsp3) is 0.786. The van der Waals surface area contributed by atoms with Crippen molar-refractivity contribution in [3.05, 3.63) is 12.7 Å². The van der Waals surface area contributed by atoms with Crippen LogP contribution in [0.4, 0.5) is 0 Å². The number of ether oxygens (including phenoxy) is 1. The molecule has 1 N–H and O–H groups in total. The van der Waals surface area contributed by atoms with Gasteiger partial charge < -0.3 is 15.0 Å². The van der Waals surface area contributed by atoms with Crippen LogP contribution >= 0.6 is 0 Å². The van der Waals surface area contributed by atoms with E-state index in [4.69, 9.17) is 4.74 Å². The van der Waals surface area contributed by atoms with Gasteiger partial charge in [-0.05, 0) is 18.8 Å². The Kier molecular flexibility index (Phi) is 10.4. The van der Waals surface area contributed by atoms with E-state index in [0.717, 1.165) is 45.1 Å². The molecule has 0 bridgehead atoms. The molecule has 0 aromatic rings. The largest absolute Gasteiger partial charge is 0.379 e. The average molecular weight is 255 g/mol. The van der Waals surface area contributed by atoms with Gasteiger partial charge in [0.25, 0.3) is 0 Å². The van der Waals surface area contributed by atoms with Crippen molar-refractivity contribution < 1.29 is 4.74 Å². The van der Waals surface area contributed by atoms with Crippen LogP contribution in [0.2, 0.25) is 0 Å². The summed E-state index contributed by atoms with van der Waals surface area (Å²) < 4.78 is 5.52. The summed E-state index contributed by atoms with van der Waals surface area (Å²) in [5, 5.41) is 3.29. The smallest absolute Gasteiger partial charge is 0.193 e. The Balaban J connectivity index is 3.72. The van der Waals surface area contributed by atoms with E-state index in [-0.39, 0.29) is 0 Å². The Labute approximate surface area is 112 Å². The first-order valence-electron chi connectivity index (χ1n) is 6.72. The first-order chi connectivity index (χ1) is 8.61. The van der Waals surface area contributed by atoms with Crippen LogP contribution in [0.15, 0.2) is 17.6 Å². The fourth-order valence-corrected chi connectivity index (χ4v) is 1.52. The van der Waals surface area contributed by atoms with Crippen molar-refractivity contribution in [3.63, 3.8) is 0 Å². The first-order valence-corrected chi connectivity index (χ1v) is 6.72. The molecule has 18 heavy (non-hydrogen) atoms. The lowest BCUT2D eigenvalue weighted by atomic mass is 10.2. The standard InChI is InChI=1S/C14H29N3O/c1-6-7-8-10-17(5)14(15-4)16-9-11-18-12-13(2)3/h6,13H,1,7-12H2,2-5H3,(H,15,16). The van der Waals surface area contributed by atoms with Crippen molar-refractivity contribution in [2.75, 3.05) is 40.4 Å². The third kappa shape index (κ3) is 9.05. The van der Waals surface area contributed by atoms with E-state index < -0.39 is 0 Å². The van der Waals surface area contributed by atoms with Crippen molar-refractivity contribution in [1.82, 2.24) is 10.2 Å². The van der Waals surface area contributed by atoms with Gasteiger partial charge in [-0.15, -0.1) is 6.58 Å². The summed E-state index contributed by atoms with van der Waals surface area (Å²) in [7, 11) is 3.86. The van der Waals surface area contributed by atoms with Crippen LogP contribution in [0, 0.1) is 5.92 Å². The van der Waals surface area contributed by atoms with E-state index in [9.17, 15) is 0 Å². The molecule has 0 radical (unpaired) electrons. The minimum Gasteiger partial charge on any atom is -0.379 e. The van der Waals surface area contributed by atoms with Crippen LogP contribution < -0.4 is 5.32 Å². The molecule has 4 heteroatoms. The minimum absolute atomic E-state index is 0.589. The van der Waals surface area contributed by atoms with Crippen molar-refractivity contribution in [1.29, 1.82) is 0 Å². The summed E-state index contributed by atoms with van der Waals surface area (Å²) >= 11 is 0. The van der Waals surface area contributed by atoms with Crippen molar-refractivity contribution in [2.45, 2.75) is 26.7 Å². The van der Waals surface area contributed by atoms with Gasteiger partial charge >= 0.3 is 0 Å². The van der Waals surface area contributed by atoms with Gasteiger partial charge in [-0.1, -0.05) is 19.9 Å². The maximum atomic E-state index is 5.52. The lowest BCUT2D eigenvalue weighted by molar-refractivity contribution is 0.114. The van der Waals surface area contributed by atoms with Crippen molar-refractivity contribution in [3.8, 4) is 0 Å². The van der Waals surface area contributed by atoms with E-state index in [1.807, 2.05) is 13.1 Å². The lowest BCUT2D eigenvalue weighted by Crippen LogP contribution is -2.40. The van der Waals surface area contributed by atoms with E-state index in [1.54, 1.807) is 7.05 Å². The summed E-state index contributed by atoms with van der Waals surface area (Å²) in [6.07, 6.45) is 4.09. The third-order valence-electron chi connectivity index (χ3n) is 2.46. The summed E-state index contributed by atoms with van der Waals surface area (Å²) in [6, 6.07) is 0. The number of nitrogens with one attached hydrogen (secondary N) is 1. The SMILES string of the molecule is C=CCCCN(C)C(=NC)NCCOCC(C)C. The van der Waals surface area contributed by atoms with E-state index in [2.05, 4.69) is 35.6 Å². The molecule has 0 saturated heterocycles. The van der Waals surface area contributed by atoms with Gasteiger partial charge in [0.15, 0.2) is 5.96 Å². The Morgan fingerprint density at radius 1 is 1.50 bits per heavy atom. The fourth-order valence-electron chi connectivity index (χ4n) is 1.52. The van der Waals surface area contributed by atoms with Gasteiger partial charge in [0, 0.05) is 33.8 Å². The predicted octanol–water partition coefficient (Wildman–Crippen LogP) is 2.13. The first kappa shape index (κ1) is 17.0. The van der Waals surface area contributed by atoms with Crippen LogP contribution in [0.1, 0.15) is 26.7 Å². The molecule has 0 atom stereocenters. The van der Waals surface area contributed by atoms with Crippen molar-refractivity contribution in [2.24, 2.45) is 10.9 Å². The van der Waals surface area contributed by atoms with E-state index >= 15 is 0 Å². The molecule has 0 saturated carbocycles. The Morgan fingerprint density at radius 2 is 2.22 bits per heavy atom. The molecule has 106 valence electrons. The number of allylic oxidation sites excluding steroid dienone is 1. The third-order valence-corrected chi connectivity index (χ3v) is 2.46. The van der Waals surface area contributed by atoms with E-state index in [0.29, 0.717) is 5.92 Å². The molecule has 0 aliphatic carbocycles. The predicted molar refractivity (Wildman–Crippen MR) is 79.1 cm³/mol. The highest BCUT2D eigenvalue weighted by Crippen LogP contribution is 1.94. The monoisotopic (exact) mass is 255 g/mol. The Bertz CT molecular complexity index is 239. The molecular formula is C14H29N3O. The minimum atomic E-state index is 0.589. The van der Waals surface area contributed by atoms with Crippen LogP contribution in [0.3, 0.4) is 0 Å². The molecule has 0 aromatic heterocycles. The van der Waals surface area contributed by atoms with Gasteiger partial charge in [0.2, 0.25) is 0 Å². The number of hydrogen-bond donors (Lipinski definition) is 1. The molecule has 0 aromatic carbocycles. The number of hydrogen-bond acceptors (Lipinski definition) is 2. The Morgan fingerprint density at radius 3 is 2.78 bits per heavy atom. The van der Waals surface area contributed by atoms with Crippen LogP contribution in [-0.2, 0) is 4.74 Å². The summed E-state index contributed by atoms with van der Waals surface area (Å²) in [5.41, 5.74) is 0. The molecular weight excluding hydrogens is 226 g/mol. The zero-order chi connectivity index (χ0) is 13.8. The summed E-state index contributed by atoms with van der Waals surface area (Å²) in [4.78, 5) is 6.38. The second-order valence-electron chi connectivity index (χ2n) is 4.80. The molecule has 0 unspecified atom stereocenters. The highest BCUT2D eigenvalue weighted by atomic mass is 16.5. The maximum Gasteiger partial charge on any atom is 0.193 e. The van der Waals surface area contributed by atoms with Gasteiger partial charge in [-0.3, -0.25) is 4.99 Å². The van der Waals surface area contributed by atoms with Gasteiger partial charge in [0.1, 0.15) is 0 Å². The second-order valence-corrected chi connectivity index (χ2v) is 4.80. The highest BCUT2D eigenvalue weighted by molar-refractivity contribution is 5.79. The molecule has 0 rings (SSSR count). The number of unbranched alkanes of at least 4 members (excludes halogenated alkanes) is 1. The molecule has 0 heterocycles. The van der Waals surface area contributed by atoms with Crippen LogP contribution in [-0.4, -0.2) is 51.3 Å². The summed E-state index contributed by atoms with van der Waals surface area (Å²) in [5.74, 6) is 1.51. The van der Waals surface area contributed by atoms with Gasteiger partial charge in [0.05, 0.1) is 6.61 Å². The maximum absolute atomic E-state index is 5.52. The van der Waals surface area contributed by atoms with Gasteiger partial charge in [-0.2, -0.15) is 0 Å². The zero-order valence-electron chi connectivity index (χ0n) is 12.4. The highest BCUT2D eigenvalue weighted by Gasteiger charge is 2.04. The molecule has 0 amide bonds.